The molecule has 0 saturated carbocycles. The number of rotatable bonds is 0. The molecule has 1 aliphatic rings. The van der Waals surface area contributed by atoms with E-state index in [2.05, 4.69) is 21.2 Å². The molecule has 0 N–H and O–H groups in total. The first-order valence-electron chi connectivity index (χ1n) is 2.76. The first-order chi connectivity index (χ1) is 4.00. The maximum absolute atomic E-state index is 2.09. The van der Waals surface area contributed by atoms with Gasteiger partial charge in [-0.05, 0) is 26.5 Å². The lowest BCUT2D eigenvalue weighted by Gasteiger charge is -2.05. The summed E-state index contributed by atoms with van der Waals surface area (Å²) in [5.74, 6) is 1.39. The Hall–Kier alpha value is 1.56. The molecule has 0 radical (unpaired) electrons. The summed E-state index contributed by atoms with van der Waals surface area (Å²) in [6, 6.07) is 0. The molecule has 1 heterocycles. The smallest absolute Gasteiger partial charge is 0.00403 e. The second-order valence-corrected chi connectivity index (χ2v) is 9.73. The standard InChI is InChI=1S/C4H10P2S2/c1-2-4-7-8-6-5-3-1/h5-6H,1-4H2. The fourth-order valence-corrected chi connectivity index (χ4v) is 9.28. The van der Waals surface area contributed by atoms with Crippen molar-refractivity contribution in [2.75, 3.05) is 11.9 Å². The molecular weight excluding hydrogens is 174 g/mol. The Morgan fingerprint density at radius 1 is 1.25 bits per heavy atom. The van der Waals surface area contributed by atoms with E-state index < -0.39 is 0 Å². The Kier molecular flexibility index (Phi) is 5.13. The Balaban J connectivity index is 2.00. The van der Waals surface area contributed by atoms with Crippen molar-refractivity contribution in [3.8, 4) is 0 Å². The van der Waals surface area contributed by atoms with Crippen molar-refractivity contribution < 1.29 is 0 Å². The van der Waals surface area contributed by atoms with Crippen molar-refractivity contribution in [1.29, 1.82) is 0 Å². The van der Waals surface area contributed by atoms with Crippen LogP contribution in [0, 0.1) is 0 Å². The van der Waals surface area contributed by atoms with Gasteiger partial charge < -0.3 is 0 Å². The van der Waals surface area contributed by atoms with Crippen molar-refractivity contribution in [3.05, 3.63) is 0 Å². The molecule has 0 spiro atoms. The highest BCUT2D eigenvalue weighted by atomic mass is 33.4. The Bertz CT molecular complexity index is 36.0. The summed E-state index contributed by atoms with van der Waals surface area (Å²) >= 11 is 0. The molecule has 0 aliphatic carbocycles. The summed E-state index contributed by atoms with van der Waals surface area (Å²) in [6.07, 6.45) is 4.44. The van der Waals surface area contributed by atoms with Gasteiger partial charge in [0.1, 0.15) is 0 Å². The molecule has 4 heteroatoms. The SMILES string of the molecule is C1CCSSPPC1. The van der Waals surface area contributed by atoms with Gasteiger partial charge in [0.2, 0.25) is 0 Å². The highest BCUT2D eigenvalue weighted by molar-refractivity contribution is 9.02. The molecule has 0 aromatic carbocycles. The van der Waals surface area contributed by atoms with Crippen LogP contribution in [0.3, 0.4) is 0 Å². The average molecular weight is 184 g/mol. The zero-order valence-electron chi connectivity index (χ0n) is 4.64. The van der Waals surface area contributed by atoms with Crippen LogP contribution in [0.5, 0.6) is 0 Å². The molecular formula is C4H10P2S2. The fraction of sp³-hybridized carbons (Fsp3) is 1.00. The zero-order valence-corrected chi connectivity index (χ0v) is 8.28. The highest BCUT2D eigenvalue weighted by Gasteiger charge is 1.96. The quantitative estimate of drug-likeness (QED) is 0.418. The largest absolute Gasteiger partial charge is 0.0895 e. The van der Waals surface area contributed by atoms with E-state index in [9.17, 15) is 0 Å². The predicted octanol–water partition coefficient (Wildman–Crippen LogP) is 3.35. The van der Waals surface area contributed by atoms with Crippen molar-refractivity contribution >= 4 is 36.9 Å². The maximum Gasteiger partial charge on any atom is 0.00403 e. The molecule has 1 saturated heterocycles. The number of hydrogen-bond donors (Lipinski definition) is 0. The minimum Gasteiger partial charge on any atom is -0.0895 e. The van der Waals surface area contributed by atoms with E-state index in [0.29, 0.717) is 0 Å². The van der Waals surface area contributed by atoms with Crippen LogP contribution in [0.15, 0.2) is 0 Å². The normalized spacial score (nSPS) is 30.0. The van der Waals surface area contributed by atoms with E-state index in [1.807, 2.05) is 0 Å². The van der Waals surface area contributed by atoms with Crippen molar-refractivity contribution in [2.45, 2.75) is 12.8 Å². The zero-order chi connectivity index (χ0) is 5.66. The van der Waals surface area contributed by atoms with Crippen molar-refractivity contribution in [3.63, 3.8) is 0 Å². The van der Waals surface area contributed by atoms with E-state index in [1.165, 1.54) is 40.5 Å². The van der Waals surface area contributed by atoms with E-state index in [0.717, 1.165) is 0 Å². The Labute approximate surface area is 61.9 Å². The molecule has 0 bridgehead atoms. The van der Waals surface area contributed by atoms with Crippen LogP contribution in [0.2, 0.25) is 0 Å². The van der Waals surface area contributed by atoms with Gasteiger partial charge in [0.25, 0.3) is 0 Å². The molecule has 2 unspecified atom stereocenters. The van der Waals surface area contributed by atoms with E-state index in [1.54, 1.807) is 0 Å². The summed E-state index contributed by atoms with van der Waals surface area (Å²) < 4.78 is 0. The van der Waals surface area contributed by atoms with Gasteiger partial charge in [-0.2, -0.15) is 0 Å². The first-order valence-corrected chi connectivity index (χ1v) is 9.01. The Morgan fingerprint density at radius 2 is 2.25 bits per heavy atom. The van der Waals surface area contributed by atoms with Gasteiger partial charge in [0, 0.05) is 5.75 Å². The molecule has 1 fully saturated rings. The molecule has 8 heavy (non-hydrogen) atoms. The molecule has 48 valence electrons. The highest BCUT2D eigenvalue weighted by Crippen LogP contribution is 2.55. The van der Waals surface area contributed by atoms with Gasteiger partial charge >= 0.3 is 0 Å². The first kappa shape index (κ1) is 7.66. The van der Waals surface area contributed by atoms with E-state index >= 15 is 0 Å². The Morgan fingerprint density at radius 3 is 3.25 bits per heavy atom. The van der Waals surface area contributed by atoms with Crippen LogP contribution < -0.4 is 0 Å². The van der Waals surface area contributed by atoms with Gasteiger partial charge in [-0.15, -0.1) is 0 Å². The summed E-state index contributed by atoms with van der Waals surface area (Å²) in [7, 11) is 6.61. The van der Waals surface area contributed by atoms with Crippen LogP contribution >= 0.6 is 36.9 Å². The molecule has 0 amide bonds. The second-order valence-electron chi connectivity index (χ2n) is 1.64. The summed E-state index contributed by atoms with van der Waals surface area (Å²) in [5, 5.41) is 0. The van der Waals surface area contributed by atoms with Gasteiger partial charge in [0.05, 0.1) is 0 Å². The molecule has 0 aromatic rings. The lowest BCUT2D eigenvalue weighted by atomic mass is 10.4. The third-order valence-electron chi connectivity index (χ3n) is 0.952. The molecule has 0 nitrogen and oxygen atoms in total. The van der Waals surface area contributed by atoms with Gasteiger partial charge in [-0.1, -0.05) is 29.5 Å². The fourth-order valence-electron chi connectivity index (χ4n) is 0.526. The van der Waals surface area contributed by atoms with Crippen LogP contribution in [0.1, 0.15) is 12.8 Å². The summed E-state index contributed by atoms with van der Waals surface area (Å²) in [5.41, 5.74) is 0. The maximum atomic E-state index is 2.09. The van der Waals surface area contributed by atoms with Gasteiger partial charge in [-0.3, -0.25) is 0 Å². The third kappa shape index (κ3) is 3.56. The minimum absolute atomic E-state index is 1.20. The lowest BCUT2D eigenvalue weighted by Crippen LogP contribution is -1.79. The topological polar surface area (TPSA) is 0 Å². The van der Waals surface area contributed by atoms with Gasteiger partial charge in [-0.25, -0.2) is 0 Å². The molecule has 1 aliphatic heterocycles. The summed E-state index contributed by atoms with van der Waals surface area (Å²) in [6.45, 7) is 0. The van der Waals surface area contributed by atoms with Crippen molar-refractivity contribution in [1.82, 2.24) is 0 Å². The van der Waals surface area contributed by atoms with Crippen LogP contribution in [0.4, 0.5) is 0 Å². The van der Waals surface area contributed by atoms with E-state index in [4.69, 9.17) is 0 Å². The summed E-state index contributed by atoms with van der Waals surface area (Å²) in [4.78, 5) is 0. The van der Waals surface area contributed by atoms with Crippen LogP contribution in [0.25, 0.3) is 0 Å². The number of hydrogen-bond acceptors (Lipinski definition) is 2. The van der Waals surface area contributed by atoms with Gasteiger partial charge in [0.15, 0.2) is 0 Å². The van der Waals surface area contributed by atoms with Crippen molar-refractivity contribution in [2.24, 2.45) is 0 Å². The minimum atomic E-state index is 1.20. The molecule has 1 rings (SSSR count). The lowest BCUT2D eigenvalue weighted by molar-refractivity contribution is 0.909. The van der Waals surface area contributed by atoms with Crippen LogP contribution in [-0.4, -0.2) is 11.9 Å². The monoisotopic (exact) mass is 184 g/mol. The van der Waals surface area contributed by atoms with E-state index in [-0.39, 0.29) is 0 Å². The average Bonchev–Trinajstić information content (AvgIpc) is 1.62. The van der Waals surface area contributed by atoms with Crippen LogP contribution in [-0.2, 0) is 0 Å². The molecule has 0 aromatic heterocycles. The third-order valence-corrected chi connectivity index (χ3v) is 10.0. The second kappa shape index (κ2) is 5.35. The predicted molar refractivity (Wildman–Crippen MR) is 50.8 cm³/mol. The molecule has 2 atom stereocenters.